The lowest BCUT2D eigenvalue weighted by Gasteiger charge is -2.20. The molecule has 1 N–H and O–H groups in total. The number of nitrogens with zero attached hydrogens (tertiary/aromatic N) is 3. The summed E-state index contributed by atoms with van der Waals surface area (Å²) in [6, 6.07) is 9.27. The lowest BCUT2D eigenvalue weighted by atomic mass is 10.1. The highest BCUT2D eigenvalue weighted by atomic mass is 35.5. The molecular formula is C26H27ClN4O4S. The molecule has 2 aliphatic rings. The maximum absolute atomic E-state index is 12.7. The highest BCUT2D eigenvalue weighted by Crippen LogP contribution is 2.38. The van der Waals surface area contributed by atoms with Crippen LogP contribution in [-0.2, 0) is 4.79 Å². The summed E-state index contributed by atoms with van der Waals surface area (Å²) in [5.74, 6) is 1.03. The topological polar surface area (TPSA) is 96.6 Å². The summed E-state index contributed by atoms with van der Waals surface area (Å²) in [4.78, 5) is 16.8. The molecule has 0 radical (unpaired) electrons. The molecule has 8 nitrogen and oxygen atoms in total. The molecule has 10 heteroatoms. The van der Waals surface area contributed by atoms with Gasteiger partial charge in [-0.3, -0.25) is 10.2 Å². The minimum absolute atomic E-state index is 0.0255. The van der Waals surface area contributed by atoms with Crippen molar-refractivity contribution >= 4 is 51.4 Å². The van der Waals surface area contributed by atoms with Gasteiger partial charge >= 0.3 is 0 Å². The first-order valence-corrected chi connectivity index (χ1v) is 12.7. The number of hydrogen-bond acceptors (Lipinski definition) is 7. The number of amidine groups is 2. The third-order valence-corrected chi connectivity index (χ3v) is 6.85. The summed E-state index contributed by atoms with van der Waals surface area (Å²) < 4.78 is 17.1. The lowest BCUT2D eigenvalue weighted by Crippen LogP contribution is -2.35. The Bertz CT molecular complexity index is 1310. The number of aryl methyl sites for hydroxylation is 2. The molecule has 0 spiro atoms. The van der Waals surface area contributed by atoms with Crippen LogP contribution in [0.25, 0.3) is 6.08 Å². The monoisotopic (exact) mass is 526 g/mol. The number of nitrogens with one attached hydrogen (secondary N) is 1. The standard InChI is InChI=1S/C26H27ClN4O4S/c1-5-6-22-30-31-24(28)19(25(32)29-26(31)36-22)12-17-13-20(27)23(21(14-17)33-4)35-10-9-34-18-8-7-15(2)16(3)11-18/h7-8,11-14,28H,5-6,9-10H2,1-4H3/b19-12-,28-24?. The van der Waals surface area contributed by atoms with Crippen LogP contribution in [0.4, 0.5) is 0 Å². The number of carbonyl (C=O) groups is 1. The number of thioether (sulfide) groups is 1. The van der Waals surface area contributed by atoms with Gasteiger partial charge in [-0.2, -0.15) is 15.1 Å². The van der Waals surface area contributed by atoms with Crippen LogP contribution in [0.1, 0.15) is 36.5 Å². The molecule has 0 bridgehead atoms. The molecule has 0 fully saturated rings. The third kappa shape index (κ3) is 5.57. The summed E-state index contributed by atoms with van der Waals surface area (Å²) >= 11 is 7.83. The number of amides is 1. The Balaban J connectivity index is 1.47. The van der Waals surface area contributed by atoms with Crippen molar-refractivity contribution < 1.29 is 19.0 Å². The largest absolute Gasteiger partial charge is 0.493 e. The fourth-order valence-electron chi connectivity index (χ4n) is 3.58. The van der Waals surface area contributed by atoms with Crippen molar-refractivity contribution in [2.75, 3.05) is 20.3 Å². The van der Waals surface area contributed by atoms with Gasteiger partial charge < -0.3 is 14.2 Å². The molecule has 0 saturated carbocycles. The number of rotatable bonds is 9. The number of hydrazone groups is 1. The van der Waals surface area contributed by atoms with E-state index in [4.69, 9.17) is 31.2 Å². The molecule has 0 aliphatic carbocycles. The molecule has 4 rings (SSSR count). The van der Waals surface area contributed by atoms with Gasteiger partial charge in [-0.05, 0) is 85.5 Å². The predicted octanol–water partition coefficient (Wildman–Crippen LogP) is 5.84. The van der Waals surface area contributed by atoms with Gasteiger partial charge in [0.15, 0.2) is 17.3 Å². The summed E-state index contributed by atoms with van der Waals surface area (Å²) in [5.41, 5.74) is 3.06. The summed E-state index contributed by atoms with van der Waals surface area (Å²) in [5, 5.41) is 15.9. The van der Waals surface area contributed by atoms with E-state index >= 15 is 0 Å². The highest BCUT2D eigenvalue weighted by Gasteiger charge is 2.35. The quantitative estimate of drug-likeness (QED) is 0.325. The van der Waals surface area contributed by atoms with Crippen LogP contribution in [-0.4, -0.2) is 47.3 Å². The van der Waals surface area contributed by atoms with E-state index in [9.17, 15) is 4.79 Å². The fourth-order valence-corrected chi connectivity index (χ4v) is 4.84. The number of halogens is 1. The molecule has 2 heterocycles. The third-order valence-electron chi connectivity index (χ3n) is 5.60. The number of benzene rings is 2. The number of methoxy groups -OCH3 is 1. The van der Waals surface area contributed by atoms with Crippen molar-refractivity contribution in [3.63, 3.8) is 0 Å². The first-order valence-electron chi connectivity index (χ1n) is 11.5. The molecular weight excluding hydrogens is 500 g/mol. The van der Waals surface area contributed by atoms with Gasteiger partial charge in [0.2, 0.25) is 5.17 Å². The van der Waals surface area contributed by atoms with Crippen molar-refractivity contribution in [2.45, 2.75) is 33.6 Å². The maximum atomic E-state index is 12.7. The van der Waals surface area contributed by atoms with E-state index in [1.165, 1.54) is 29.4 Å². The zero-order valence-corrected chi connectivity index (χ0v) is 22.1. The number of fused-ring (bicyclic) bond motifs is 1. The minimum Gasteiger partial charge on any atom is -0.493 e. The second kappa shape index (κ2) is 11.2. The van der Waals surface area contributed by atoms with Crippen LogP contribution in [0, 0.1) is 19.3 Å². The number of hydrogen-bond donors (Lipinski definition) is 1. The molecule has 2 aromatic carbocycles. The van der Waals surface area contributed by atoms with E-state index < -0.39 is 5.91 Å². The SMILES string of the molecule is CCCC1=NN2C(=N)/C(=C/c3cc(Cl)c(OCCOc4ccc(C)c(C)c4)c(OC)c3)C(=O)N=C2S1. The van der Waals surface area contributed by atoms with E-state index in [0.717, 1.165) is 29.2 Å². The average molecular weight is 527 g/mol. The van der Waals surface area contributed by atoms with Crippen LogP contribution < -0.4 is 14.2 Å². The van der Waals surface area contributed by atoms with Gasteiger partial charge in [0.05, 0.1) is 17.7 Å². The first-order chi connectivity index (χ1) is 17.3. The minimum atomic E-state index is -0.495. The van der Waals surface area contributed by atoms with Gasteiger partial charge in [-0.1, -0.05) is 24.6 Å². The van der Waals surface area contributed by atoms with Crippen molar-refractivity contribution in [3.05, 3.63) is 57.6 Å². The molecule has 2 aromatic rings. The highest BCUT2D eigenvalue weighted by molar-refractivity contribution is 8.26. The molecule has 0 unspecified atom stereocenters. The maximum Gasteiger partial charge on any atom is 0.283 e. The van der Waals surface area contributed by atoms with Crippen molar-refractivity contribution in [1.29, 1.82) is 5.41 Å². The lowest BCUT2D eigenvalue weighted by molar-refractivity contribution is -0.114. The Morgan fingerprint density at radius 2 is 1.92 bits per heavy atom. The Hall–Kier alpha value is -3.30. The van der Waals surface area contributed by atoms with Crippen LogP contribution in [0.5, 0.6) is 17.2 Å². The Labute approximate surface area is 219 Å². The Morgan fingerprint density at radius 1 is 1.14 bits per heavy atom. The van der Waals surface area contributed by atoms with E-state index in [2.05, 4.69) is 17.0 Å². The average Bonchev–Trinajstić information content (AvgIpc) is 3.25. The van der Waals surface area contributed by atoms with Crippen LogP contribution in [0.3, 0.4) is 0 Å². The van der Waals surface area contributed by atoms with E-state index in [0.29, 0.717) is 33.9 Å². The molecule has 1 amide bonds. The molecule has 0 atom stereocenters. The molecule has 36 heavy (non-hydrogen) atoms. The smallest absolute Gasteiger partial charge is 0.283 e. The first kappa shape index (κ1) is 25.8. The Kier molecular flexibility index (Phi) is 8.01. The number of carbonyl (C=O) groups excluding carboxylic acids is 1. The Morgan fingerprint density at radius 3 is 2.64 bits per heavy atom. The van der Waals surface area contributed by atoms with Crippen molar-refractivity contribution in [3.8, 4) is 17.2 Å². The van der Waals surface area contributed by atoms with Gasteiger partial charge in [0.25, 0.3) is 5.91 Å². The summed E-state index contributed by atoms with van der Waals surface area (Å²) in [7, 11) is 1.51. The molecule has 0 saturated heterocycles. The van der Waals surface area contributed by atoms with Crippen molar-refractivity contribution in [1.82, 2.24) is 5.01 Å². The van der Waals surface area contributed by atoms with Gasteiger partial charge in [0.1, 0.15) is 24.0 Å². The van der Waals surface area contributed by atoms with Crippen LogP contribution in [0.15, 0.2) is 46.0 Å². The number of aliphatic imine (C=N–C) groups is 1. The zero-order chi connectivity index (χ0) is 25.8. The van der Waals surface area contributed by atoms with Gasteiger partial charge in [-0.15, -0.1) is 0 Å². The van der Waals surface area contributed by atoms with E-state index in [1.807, 2.05) is 32.0 Å². The van der Waals surface area contributed by atoms with Gasteiger partial charge in [0, 0.05) is 0 Å². The van der Waals surface area contributed by atoms with E-state index in [1.54, 1.807) is 18.2 Å². The molecule has 188 valence electrons. The second-order valence-electron chi connectivity index (χ2n) is 8.24. The predicted molar refractivity (Wildman–Crippen MR) is 145 cm³/mol. The van der Waals surface area contributed by atoms with Crippen molar-refractivity contribution in [2.24, 2.45) is 10.1 Å². The number of ether oxygens (including phenoxy) is 3. The van der Waals surface area contributed by atoms with Gasteiger partial charge in [-0.25, -0.2) is 0 Å². The molecule has 2 aliphatic heterocycles. The fraction of sp³-hybridized carbons (Fsp3) is 0.308. The molecule has 0 aromatic heterocycles. The van der Waals surface area contributed by atoms with Crippen LogP contribution in [0.2, 0.25) is 5.02 Å². The zero-order valence-electron chi connectivity index (χ0n) is 20.6. The van der Waals surface area contributed by atoms with Crippen LogP contribution >= 0.6 is 23.4 Å². The summed E-state index contributed by atoms with van der Waals surface area (Å²) in [6.07, 6.45) is 3.25. The normalized spacial score (nSPS) is 16.1. The summed E-state index contributed by atoms with van der Waals surface area (Å²) in [6.45, 7) is 6.72. The second-order valence-corrected chi connectivity index (χ2v) is 9.69. The van der Waals surface area contributed by atoms with E-state index in [-0.39, 0.29) is 18.0 Å².